The average molecular weight is 301 g/mol. The monoisotopic (exact) mass is 300 g/mol. The fourth-order valence-corrected chi connectivity index (χ4v) is 1.70. The molecule has 3 nitrogen and oxygen atoms in total. The van der Waals surface area contributed by atoms with Crippen molar-refractivity contribution in [3.63, 3.8) is 0 Å². The van der Waals surface area contributed by atoms with E-state index in [0.717, 1.165) is 0 Å². The summed E-state index contributed by atoms with van der Waals surface area (Å²) in [6.45, 7) is 3.98. The van der Waals surface area contributed by atoms with Crippen LogP contribution in [0.25, 0.3) is 0 Å². The molecule has 94 valence electrons. The Kier molecular flexibility index (Phi) is 5.00. The number of ether oxygens (including phenoxy) is 2. The second-order valence-electron chi connectivity index (χ2n) is 4.08. The maximum Gasteiger partial charge on any atom is 0.180 e. The van der Waals surface area contributed by atoms with Gasteiger partial charge >= 0.3 is 0 Å². The maximum atomic E-state index is 12.3. The number of hydrogen-bond acceptors (Lipinski definition) is 3. The van der Waals surface area contributed by atoms with Crippen LogP contribution in [0.15, 0.2) is 18.2 Å². The Morgan fingerprint density at radius 2 is 1.88 bits per heavy atom. The number of carbonyl (C=O) groups is 1. The molecule has 1 unspecified atom stereocenters. The second kappa shape index (κ2) is 6.05. The molecule has 0 heterocycles. The summed E-state index contributed by atoms with van der Waals surface area (Å²) in [5.74, 6) is 1.45. The molecule has 0 aliphatic carbocycles. The highest BCUT2D eigenvalue weighted by Crippen LogP contribution is 2.28. The summed E-state index contributed by atoms with van der Waals surface area (Å²) in [7, 11) is 3.13. The lowest BCUT2D eigenvalue weighted by Gasteiger charge is -2.15. The molecule has 0 aliphatic rings. The summed E-state index contributed by atoms with van der Waals surface area (Å²) >= 11 is 3.41. The van der Waals surface area contributed by atoms with Crippen molar-refractivity contribution in [1.82, 2.24) is 0 Å². The minimum Gasteiger partial charge on any atom is -0.497 e. The minimum absolute atomic E-state index is 0.00995. The number of rotatable bonds is 5. The highest BCUT2D eigenvalue weighted by atomic mass is 79.9. The molecule has 1 aromatic rings. The first kappa shape index (κ1) is 14.0. The van der Waals surface area contributed by atoms with E-state index in [4.69, 9.17) is 9.47 Å². The van der Waals surface area contributed by atoms with Gasteiger partial charge < -0.3 is 9.47 Å². The summed E-state index contributed by atoms with van der Waals surface area (Å²) < 4.78 is 10.3. The van der Waals surface area contributed by atoms with Gasteiger partial charge in [-0.05, 0) is 24.1 Å². The van der Waals surface area contributed by atoms with Crippen molar-refractivity contribution >= 4 is 21.7 Å². The van der Waals surface area contributed by atoms with Crippen LogP contribution in [0.2, 0.25) is 0 Å². The molecule has 17 heavy (non-hydrogen) atoms. The molecule has 0 amide bonds. The van der Waals surface area contributed by atoms with Gasteiger partial charge in [0.2, 0.25) is 0 Å². The summed E-state index contributed by atoms with van der Waals surface area (Å²) in [6.07, 6.45) is 0. The van der Waals surface area contributed by atoms with E-state index >= 15 is 0 Å². The van der Waals surface area contributed by atoms with Gasteiger partial charge in [-0.2, -0.15) is 0 Å². The number of hydrogen-bond donors (Lipinski definition) is 0. The minimum atomic E-state index is -0.219. The zero-order valence-electron chi connectivity index (χ0n) is 10.5. The van der Waals surface area contributed by atoms with Crippen molar-refractivity contribution < 1.29 is 14.3 Å². The summed E-state index contributed by atoms with van der Waals surface area (Å²) in [5.41, 5.74) is 0.544. The predicted molar refractivity (Wildman–Crippen MR) is 71.4 cm³/mol. The molecule has 4 heteroatoms. The highest BCUT2D eigenvalue weighted by molar-refractivity contribution is 9.10. The van der Waals surface area contributed by atoms with Crippen LogP contribution >= 0.6 is 15.9 Å². The van der Waals surface area contributed by atoms with Crippen LogP contribution in [0.3, 0.4) is 0 Å². The Morgan fingerprint density at radius 1 is 1.24 bits per heavy atom. The van der Waals surface area contributed by atoms with Crippen LogP contribution in [0.4, 0.5) is 0 Å². The van der Waals surface area contributed by atoms with Crippen LogP contribution in [0.5, 0.6) is 11.5 Å². The summed E-state index contributed by atoms with van der Waals surface area (Å²) in [6, 6.07) is 5.22. The van der Waals surface area contributed by atoms with Crippen molar-refractivity contribution in [2.24, 2.45) is 5.92 Å². The molecule has 0 radical (unpaired) electrons. The van der Waals surface area contributed by atoms with Crippen molar-refractivity contribution in [3.8, 4) is 11.5 Å². The van der Waals surface area contributed by atoms with E-state index in [-0.39, 0.29) is 16.5 Å². The SMILES string of the molecule is COc1ccc(OC)c(C(=O)C(Br)C(C)C)c1. The maximum absolute atomic E-state index is 12.3. The van der Waals surface area contributed by atoms with E-state index in [2.05, 4.69) is 15.9 Å². The topological polar surface area (TPSA) is 35.5 Å². The fraction of sp³-hybridized carbons (Fsp3) is 0.462. The molecule has 0 fully saturated rings. The van der Waals surface area contributed by atoms with Crippen LogP contribution in [0.1, 0.15) is 24.2 Å². The van der Waals surface area contributed by atoms with E-state index in [1.54, 1.807) is 32.4 Å². The molecule has 1 rings (SSSR count). The van der Waals surface area contributed by atoms with Crippen LogP contribution in [-0.4, -0.2) is 24.8 Å². The molecule has 0 aromatic heterocycles. The Labute approximate surface area is 110 Å². The first-order valence-electron chi connectivity index (χ1n) is 5.41. The third-order valence-electron chi connectivity index (χ3n) is 2.51. The van der Waals surface area contributed by atoms with E-state index < -0.39 is 0 Å². The smallest absolute Gasteiger partial charge is 0.180 e. The van der Waals surface area contributed by atoms with Crippen molar-refractivity contribution in [2.75, 3.05) is 14.2 Å². The quantitative estimate of drug-likeness (QED) is 0.618. The van der Waals surface area contributed by atoms with E-state index in [1.165, 1.54) is 0 Å². The van der Waals surface area contributed by atoms with Gasteiger partial charge in [-0.25, -0.2) is 0 Å². The molecular formula is C13H17BrO3. The molecule has 0 aliphatic heterocycles. The highest BCUT2D eigenvalue weighted by Gasteiger charge is 2.23. The van der Waals surface area contributed by atoms with Gasteiger partial charge in [0, 0.05) is 0 Å². The van der Waals surface area contributed by atoms with Crippen LogP contribution in [-0.2, 0) is 0 Å². The van der Waals surface area contributed by atoms with E-state index in [9.17, 15) is 4.79 Å². The van der Waals surface area contributed by atoms with Gasteiger partial charge in [-0.15, -0.1) is 0 Å². The van der Waals surface area contributed by atoms with Gasteiger partial charge in [0.25, 0.3) is 0 Å². The summed E-state index contributed by atoms with van der Waals surface area (Å²) in [4.78, 5) is 12.0. The summed E-state index contributed by atoms with van der Waals surface area (Å²) in [5, 5.41) is 0. The molecule has 0 bridgehead atoms. The number of halogens is 1. The number of Topliss-reactive ketones (excluding diaryl/α,β-unsaturated/α-hetero) is 1. The number of carbonyl (C=O) groups excluding carboxylic acids is 1. The third-order valence-corrected chi connectivity index (χ3v) is 3.98. The van der Waals surface area contributed by atoms with Crippen LogP contribution in [0, 0.1) is 5.92 Å². The van der Waals surface area contributed by atoms with Crippen molar-refractivity contribution in [2.45, 2.75) is 18.7 Å². The standard InChI is InChI=1S/C13H17BrO3/c1-8(2)12(14)13(15)10-7-9(16-3)5-6-11(10)17-4/h5-8,12H,1-4H3. The van der Waals surface area contributed by atoms with Crippen molar-refractivity contribution in [1.29, 1.82) is 0 Å². The molecular weight excluding hydrogens is 284 g/mol. The molecule has 1 aromatic carbocycles. The number of alkyl halides is 1. The zero-order valence-corrected chi connectivity index (χ0v) is 12.1. The van der Waals surface area contributed by atoms with Gasteiger partial charge in [0.15, 0.2) is 5.78 Å². The lowest BCUT2D eigenvalue weighted by molar-refractivity contribution is 0.0974. The molecule has 0 N–H and O–H groups in total. The average Bonchev–Trinajstić information content (AvgIpc) is 2.35. The normalized spacial score (nSPS) is 12.4. The fourth-order valence-electron chi connectivity index (χ4n) is 1.46. The number of ketones is 1. The van der Waals surface area contributed by atoms with Gasteiger partial charge in [0.1, 0.15) is 11.5 Å². The molecule has 1 atom stereocenters. The Morgan fingerprint density at radius 3 is 2.35 bits per heavy atom. The molecule has 0 saturated carbocycles. The Balaban J connectivity index is 3.14. The van der Waals surface area contributed by atoms with Crippen LogP contribution < -0.4 is 9.47 Å². The Bertz CT molecular complexity index is 402. The van der Waals surface area contributed by atoms with Gasteiger partial charge in [-0.3, -0.25) is 4.79 Å². The number of methoxy groups -OCH3 is 2. The van der Waals surface area contributed by atoms with Gasteiger partial charge in [0.05, 0.1) is 24.6 Å². The lowest BCUT2D eigenvalue weighted by atomic mass is 10.00. The largest absolute Gasteiger partial charge is 0.497 e. The first-order chi connectivity index (χ1) is 8.01. The second-order valence-corrected chi connectivity index (χ2v) is 5.06. The lowest BCUT2D eigenvalue weighted by Crippen LogP contribution is -2.20. The van der Waals surface area contributed by atoms with Gasteiger partial charge in [-0.1, -0.05) is 29.8 Å². The predicted octanol–water partition coefficient (Wildman–Crippen LogP) is 3.31. The Hall–Kier alpha value is -1.03. The number of benzene rings is 1. The van der Waals surface area contributed by atoms with E-state index in [0.29, 0.717) is 17.1 Å². The molecule has 0 saturated heterocycles. The third kappa shape index (κ3) is 3.22. The first-order valence-corrected chi connectivity index (χ1v) is 6.33. The molecule has 0 spiro atoms. The van der Waals surface area contributed by atoms with Crippen molar-refractivity contribution in [3.05, 3.63) is 23.8 Å². The van der Waals surface area contributed by atoms with E-state index in [1.807, 2.05) is 13.8 Å². The zero-order chi connectivity index (χ0) is 13.0.